The van der Waals surface area contributed by atoms with Gasteiger partial charge in [0.05, 0.1) is 0 Å². The van der Waals surface area contributed by atoms with Crippen LogP contribution in [0.5, 0.6) is 0 Å². The fourth-order valence-corrected chi connectivity index (χ4v) is 0.283. The van der Waals surface area contributed by atoms with E-state index >= 15 is 0 Å². The summed E-state index contributed by atoms with van der Waals surface area (Å²) in [7, 11) is 0. The van der Waals surface area contributed by atoms with Crippen molar-refractivity contribution in [1.82, 2.24) is 10.2 Å². The minimum atomic E-state index is 0.375. The van der Waals surface area contributed by atoms with E-state index in [4.69, 9.17) is 5.26 Å². The Kier molecular flexibility index (Phi) is 0.755. The van der Waals surface area contributed by atoms with Gasteiger partial charge < -0.3 is 0 Å². The molecule has 4 heteroatoms. The lowest BCUT2D eigenvalue weighted by atomic mass is 10.7. The summed E-state index contributed by atoms with van der Waals surface area (Å²) in [6, 6.07) is 1.83. The molecule has 7 heavy (non-hydrogen) atoms. The van der Waals surface area contributed by atoms with Crippen LogP contribution in [0.2, 0.25) is 0 Å². The summed E-state index contributed by atoms with van der Waals surface area (Å²) < 4.78 is 0. The Hall–Kier alpha value is -1.37. The molecule has 0 fully saturated rings. The van der Waals surface area contributed by atoms with Crippen molar-refractivity contribution in [3.8, 4) is 6.07 Å². The lowest BCUT2D eigenvalue weighted by Crippen LogP contribution is -1.99. The molecule has 1 aromatic rings. The largest absolute Gasteiger partial charge is 0.335 e. The third-order valence-corrected chi connectivity index (χ3v) is 0.562. The van der Waals surface area contributed by atoms with Crippen LogP contribution in [-0.2, 0) is 0 Å². The molecule has 2 N–H and O–H groups in total. The van der Waals surface area contributed by atoms with Gasteiger partial charge in [-0.05, 0) is 0 Å². The second-order valence-electron chi connectivity index (χ2n) is 1.00. The molecular weight excluding hydrogens is 92.1 g/mol. The molecule has 0 radical (unpaired) electrons. The average molecular weight is 95.1 g/mol. The summed E-state index contributed by atoms with van der Waals surface area (Å²) in [5, 5.41) is 14.0. The molecule has 0 aliphatic heterocycles. The van der Waals surface area contributed by atoms with E-state index in [1.165, 1.54) is 6.33 Å². The molecule has 0 bridgehead atoms. The summed E-state index contributed by atoms with van der Waals surface area (Å²) in [4.78, 5) is 2.56. The molecule has 0 aromatic carbocycles. The third kappa shape index (κ3) is 0.550. The standard InChI is InChI=1S/C3H2N4/c4-1-3-5-2-6-7-3/h2H,(H,5,6,7)/p+1. The van der Waals surface area contributed by atoms with Gasteiger partial charge in [-0.15, -0.1) is 5.10 Å². The van der Waals surface area contributed by atoms with E-state index in [1.54, 1.807) is 0 Å². The smallest absolute Gasteiger partial charge is 0.235 e. The highest BCUT2D eigenvalue weighted by molar-refractivity contribution is 4.97. The van der Waals surface area contributed by atoms with Crippen LogP contribution in [0, 0.1) is 11.3 Å². The molecule has 4 nitrogen and oxygen atoms in total. The molecule has 1 heterocycles. The second kappa shape index (κ2) is 1.39. The Morgan fingerprint density at radius 1 is 2.00 bits per heavy atom. The quantitative estimate of drug-likeness (QED) is 0.453. The number of H-pyrrole nitrogens is 2. The highest BCUT2D eigenvalue weighted by atomic mass is 15.2. The number of hydrogen-bond acceptors (Lipinski definition) is 2. The Morgan fingerprint density at radius 2 is 2.86 bits per heavy atom. The second-order valence-corrected chi connectivity index (χ2v) is 1.00. The van der Waals surface area contributed by atoms with Crippen LogP contribution in [0.4, 0.5) is 0 Å². The Balaban J connectivity index is 3.04. The maximum absolute atomic E-state index is 8.07. The molecule has 0 spiro atoms. The molecule has 0 saturated carbocycles. The molecule has 0 amide bonds. The maximum atomic E-state index is 8.07. The van der Waals surface area contributed by atoms with Crippen LogP contribution < -0.4 is 4.98 Å². The third-order valence-electron chi connectivity index (χ3n) is 0.562. The van der Waals surface area contributed by atoms with Crippen molar-refractivity contribution in [2.24, 2.45) is 0 Å². The van der Waals surface area contributed by atoms with E-state index in [-0.39, 0.29) is 0 Å². The van der Waals surface area contributed by atoms with Gasteiger partial charge in [-0.1, -0.05) is 0 Å². The van der Waals surface area contributed by atoms with E-state index in [2.05, 4.69) is 15.2 Å². The van der Waals surface area contributed by atoms with Gasteiger partial charge in [-0.2, -0.15) is 5.26 Å². The van der Waals surface area contributed by atoms with E-state index in [9.17, 15) is 0 Å². The van der Waals surface area contributed by atoms with Crippen LogP contribution in [-0.4, -0.2) is 10.2 Å². The van der Waals surface area contributed by atoms with Crippen LogP contribution in [0.1, 0.15) is 5.82 Å². The fourth-order valence-electron chi connectivity index (χ4n) is 0.283. The number of rotatable bonds is 0. The van der Waals surface area contributed by atoms with Gasteiger partial charge in [0, 0.05) is 5.10 Å². The molecule has 1 rings (SSSR count). The fraction of sp³-hybridized carbons (Fsp3) is 0. The predicted molar refractivity (Wildman–Crippen MR) is 19.9 cm³/mol. The molecule has 0 aliphatic rings. The first kappa shape index (κ1) is 3.81. The van der Waals surface area contributed by atoms with Gasteiger partial charge in [0.25, 0.3) is 6.33 Å². The monoisotopic (exact) mass is 95.0 g/mol. The minimum absolute atomic E-state index is 0.375. The summed E-state index contributed by atoms with van der Waals surface area (Å²) >= 11 is 0. The number of nitrogens with one attached hydrogen (secondary N) is 2. The predicted octanol–water partition coefficient (Wildman–Crippen LogP) is -0.905. The van der Waals surface area contributed by atoms with Crippen molar-refractivity contribution < 1.29 is 4.98 Å². The Labute approximate surface area is 39.8 Å². The first-order valence-corrected chi connectivity index (χ1v) is 1.74. The highest BCUT2D eigenvalue weighted by Gasteiger charge is 1.92. The topological polar surface area (TPSA) is 66.6 Å². The van der Waals surface area contributed by atoms with Crippen molar-refractivity contribution in [2.75, 3.05) is 0 Å². The van der Waals surface area contributed by atoms with Crippen LogP contribution in [0.15, 0.2) is 6.33 Å². The van der Waals surface area contributed by atoms with Crippen LogP contribution >= 0.6 is 0 Å². The summed E-state index contributed by atoms with van der Waals surface area (Å²) in [5.74, 6) is 0.375. The Bertz CT molecular complexity index is 169. The van der Waals surface area contributed by atoms with Gasteiger partial charge >= 0.3 is 5.82 Å². The lowest BCUT2D eigenvalue weighted by Gasteiger charge is -1.55. The van der Waals surface area contributed by atoms with Crippen LogP contribution in [0.25, 0.3) is 0 Å². The SMILES string of the molecule is N#Cc1[nH]nc[nH+]1. The van der Waals surface area contributed by atoms with Crippen molar-refractivity contribution in [3.63, 3.8) is 0 Å². The molecule has 0 unspecified atom stereocenters. The zero-order chi connectivity index (χ0) is 5.11. The zero-order valence-corrected chi connectivity index (χ0v) is 3.47. The highest BCUT2D eigenvalue weighted by Crippen LogP contribution is 1.66. The number of nitrogens with zero attached hydrogens (tertiary/aromatic N) is 2. The zero-order valence-electron chi connectivity index (χ0n) is 3.47. The normalized spacial score (nSPS) is 7.86. The van der Waals surface area contributed by atoms with Gasteiger partial charge in [-0.3, -0.25) is 0 Å². The molecule has 0 atom stereocenters. The number of nitriles is 1. The van der Waals surface area contributed by atoms with Crippen LogP contribution in [0.3, 0.4) is 0 Å². The first-order chi connectivity index (χ1) is 3.43. The van der Waals surface area contributed by atoms with E-state index in [0.29, 0.717) is 5.82 Å². The molecule has 0 aliphatic carbocycles. The van der Waals surface area contributed by atoms with Crippen molar-refractivity contribution in [3.05, 3.63) is 12.2 Å². The van der Waals surface area contributed by atoms with Gasteiger partial charge in [0.15, 0.2) is 6.07 Å². The van der Waals surface area contributed by atoms with E-state index in [1.807, 2.05) is 6.07 Å². The summed E-state index contributed by atoms with van der Waals surface area (Å²) in [6.07, 6.45) is 1.42. The van der Waals surface area contributed by atoms with Gasteiger partial charge in [-0.25, -0.2) is 4.98 Å². The number of aromatic amines is 2. The van der Waals surface area contributed by atoms with Gasteiger partial charge in [0.1, 0.15) is 0 Å². The van der Waals surface area contributed by atoms with E-state index < -0.39 is 0 Å². The van der Waals surface area contributed by atoms with Gasteiger partial charge in [0.2, 0.25) is 0 Å². The summed E-state index contributed by atoms with van der Waals surface area (Å²) in [6.45, 7) is 0. The molecule has 34 valence electrons. The molecular formula is C3H3N4+. The maximum Gasteiger partial charge on any atom is 0.335 e. The van der Waals surface area contributed by atoms with Crippen molar-refractivity contribution >= 4 is 0 Å². The number of aromatic nitrogens is 3. The average Bonchev–Trinajstić information content (AvgIpc) is 2.14. The summed E-state index contributed by atoms with van der Waals surface area (Å²) in [5.41, 5.74) is 0. The Morgan fingerprint density at radius 3 is 3.14 bits per heavy atom. The minimum Gasteiger partial charge on any atom is -0.235 e. The molecule has 1 aromatic heterocycles. The molecule has 0 saturated heterocycles. The number of hydrogen-bond donors (Lipinski definition) is 1. The van der Waals surface area contributed by atoms with Crippen molar-refractivity contribution in [2.45, 2.75) is 0 Å². The lowest BCUT2D eigenvalue weighted by molar-refractivity contribution is -0.381. The first-order valence-electron chi connectivity index (χ1n) is 1.74. The van der Waals surface area contributed by atoms with E-state index in [0.717, 1.165) is 0 Å². The van der Waals surface area contributed by atoms with Crippen molar-refractivity contribution in [1.29, 1.82) is 5.26 Å².